The second kappa shape index (κ2) is 5.47. The minimum Gasteiger partial charge on any atom is -0.329 e. The highest BCUT2D eigenvalue weighted by molar-refractivity contribution is 5.85. The predicted octanol–water partition coefficient (Wildman–Crippen LogP) is 2.22. The van der Waals surface area contributed by atoms with Crippen LogP contribution in [0.2, 0.25) is 0 Å². The zero-order valence-corrected chi connectivity index (χ0v) is 8.91. The van der Waals surface area contributed by atoms with Crippen molar-refractivity contribution in [1.29, 1.82) is 0 Å². The Balaban J connectivity index is 0.00000225. The van der Waals surface area contributed by atoms with Crippen LogP contribution < -0.4 is 11.5 Å². The van der Waals surface area contributed by atoms with Gasteiger partial charge in [-0.05, 0) is 12.1 Å². The molecule has 1 aromatic carbocycles. The molecule has 1 rings (SSSR count). The third-order valence-electron chi connectivity index (χ3n) is 1.98. The summed E-state index contributed by atoms with van der Waals surface area (Å²) in [6.45, 7) is -0.0255. The summed E-state index contributed by atoms with van der Waals surface area (Å²) in [6, 6.07) is 1.43. The smallest absolute Gasteiger partial charge is 0.329 e. The summed E-state index contributed by atoms with van der Waals surface area (Å²) in [5.41, 5.74) is 9.55. The van der Waals surface area contributed by atoms with Gasteiger partial charge < -0.3 is 11.5 Å². The van der Waals surface area contributed by atoms with E-state index in [9.17, 15) is 17.6 Å². The Morgan fingerprint density at radius 2 is 1.81 bits per heavy atom. The lowest BCUT2D eigenvalue weighted by Crippen LogP contribution is -2.22. The van der Waals surface area contributed by atoms with Crippen LogP contribution in [-0.4, -0.2) is 6.54 Å². The van der Waals surface area contributed by atoms with Crippen LogP contribution in [0.15, 0.2) is 18.2 Å². The molecule has 92 valence electrons. The first-order valence-electron chi connectivity index (χ1n) is 4.18. The van der Waals surface area contributed by atoms with Gasteiger partial charge in [0.1, 0.15) is 5.82 Å². The molecule has 0 saturated carbocycles. The second-order valence-corrected chi connectivity index (χ2v) is 3.08. The summed E-state index contributed by atoms with van der Waals surface area (Å²) >= 11 is 0. The van der Waals surface area contributed by atoms with Crippen molar-refractivity contribution in [3.63, 3.8) is 0 Å². The summed E-state index contributed by atoms with van der Waals surface area (Å²) < 4.78 is 49.7. The molecule has 0 bridgehead atoms. The van der Waals surface area contributed by atoms with Gasteiger partial charge in [0.05, 0.1) is 5.56 Å². The molecular formula is C9H11ClF4N2. The molecule has 0 aromatic heterocycles. The van der Waals surface area contributed by atoms with Crippen molar-refractivity contribution in [3.8, 4) is 0 Å². The molecule has 0 aliphatic heterocycles. The quantitative estimate of drug-likeness (QED) is 0.799. The van der Waals surface area contributed by atoms with E-state index in [1.165, 1.54) is 0 Å². The normalized spacial score (nSPS) is 13.1. The number of rotatable bonds is 2. The monoisotopic (exact) mass is 258 g/mol. The van der Waals surface area contributed by atoms with Crippen LogP contribution in [0.1, 0.15) is 17.2 Å². The molecule has 0 heterocycles. The average Bonchev–Trinajstić information content (AvgIpc) is 2.15. The van der Waals surface area contributed by atoms with Crippen LogP contribution >= 0.6 is 12.4 Å². The maximum Gasteiger partial charge on any atom is 0.416 e. The van der Waals surface area contributed by atoms with Crippen molar-refractivity contribution in [2.75, 3.05) is 6.54 Å². The maximum atomic E-state index is 13.2. The third-order valence-corrected chi connectivity index (χ3v) is 1.98. The SMILES string of the molecule is Cl.NC[C@@H](N)c1ccc(C(F)(F)F)cc1F. The predicted molar refractivity (Wildman–Crippen MR) is 54.6 cm³/mol. The largest absolute Gasteiger partial charge is 0.416 e. The Kier molecular flexibility index (Phi) is 5.18. The summed E-state index contributed by atoms with van der Waals surface area (Å²) in [6.07, 6.45) is -4.55. The lowest BCUT2D eigenvalue weighted by atomic mass is 10.0. The van der Waals surface area contributed by atoms with Gasteiger partial charge in [0.2, 0.25) is 0 Å². The van der Waals surface area contributed by atoms with Crippen molar-refractivity contribution in [2.45, 2.75) is 12.2 Å². The number of halogens is 5. The summed E-state index contributed by atoms with van der Waals surface area (Å²) in [7, 11) is 0. The zero-order valence-electron chi connectivity index (χ0n) is 8.09. The molecule has 0 unspecified atom stereocenters. The van der Waals surface area contributed by atoms with Gasteiger partial charge in [-0.1, -0.05) is 6.07 Å². The fourth-order valence-corrected chi connectivity index (χ4v) is 1.13. The number of hydrogen-bond donors (Lipinski definition) is 2. The van der Waals surface area contributed by atoms with Crippen LogP contribution in [0.4, 0.5) is 17.6 Å². The van der Waals surface area contributed by atoms with E-state index in [1.54, 1.807) is 0 Å². The van der Waals surface area contributed by atoms with E-state index in [0.29, 0.717) is 6.07 Å². The van der Waals surface area contributed by atoms with Gasteiger partial charge >= 0.3 is 6.18 Å². The second-order valence-electron chi connectivity index (χ2n) is 3.08. The number of alkyl halides is 3. The van der Waals surface area contributed by atoms with E-state index in [4.69, 9.17) is 11.5 Å². The Morgan fingerprint density at radius 1 is 1.25 bits per heavy atom. The van der Waals surface area contributed by atoms with E-state index in [2.05, 4.69) is 0 Å². The molecule has 1 aromatic rings. The van der Waals surface area contributed by atoms with Crippen molar-refractivity contribution in [3.05, 3.63) is 35.1 Å². The molecule has 0 aliphatic carbocycles. The van der Waals surface area contributed by atoms with Gasteiger partial charge in [-0.25, -0.2) is 4.39 Å². The molecule has 4 N–H and O–H groups in total. The molecular weight excluding hydrogens is 248 g/mol. The van der Waals surface area contributed by atoms with E-state index in [-0.39, 0.29) is 24.5 Å². The Labute approximate surface area is 96.0 Å². The summed E-state index contributed by atoms with van der Waals surface area (Å²) in [5.74, 6) is -0.984. The van der Waals surface area contributed by atoms with Gasteiger partial charge in [0.25, 0.3) is 0 Å². The van der Waals surface area contributed by atoms with Crippen LogP contribution in [0.5, 0.6) is 0 Å². The molecule has 7 heteroatoms. The highest BCUT2D eigenvalue weighted by atomic mass is 35.5. The number of benzene rings is 1. The third kappa shape index (κ3) is 3.33. The first-order chi connectivity index (χ1) is 6.86. The maximum absolute atomic E-state index is 13.2. The molecule has 2 nitrogen and oxygen atoms in total. The molecule has 0 amide bonds. The zero-order chi connectivity index (χ0) is 11.6. The lowest BCUT2D eigenvalue weighted by Gasteiger charge is -2.12. The van der Waals surface area contributed by atoms with Crippen LogP contribution in [0.25, 0.3) is 0 Å². The summed E-state index contributed by atoms with van der Waals surface area (Å²) in [5, 5.41) is 0. The van der Waals surface area contributed by atoms with Crippen LogP contribution in [-0.2, 0) is 6.18 Å². The van der Waals surface area contributed by atoms with Gasteiger partial charge in [-0.15, -0.1) is 12.4 Å². The molecule has 1 atom stereocenters. The number of nitrogens with two attached hydrogens (primary N) is 2. The standard InChI is InChI=1S/C9H10F4N2.ClH/c10-7-3-5(9(11,12)13)1-2-6(7)8(15)4-14;/h1-3,8H,4,14-15H2;1H/t8-;/m1./s1. The van der Waals surface area contributed by atoms with Crippen LogP contribution in [0, 0.1) is 5.82 Å². The topological polar surface area (TPSA) is 52.0 Å². The molecule has 16 heavy (non-hydrogen) atoms. The average molecular weight is 259 g/mol. The van der Waals surface area contributed by atoms with E-state index in [1.807, 2.05) is 0 Å². The Bertz CT molecular complexity index is 354. The minimum atomic E-state index is -4.55. The number of hydrogen-bond acceptors (Lipinski definition) is 2. The Morgan fingerprint density at radius 3 is 2.19 bits per heavy atom. The van der Waals surface area contributed by atoms with Gasteiger partial charge in [-0.3, -0.25) is 0 Å². The minimum absolute atomic E-state index is 0. The van der Waals surface area contributed by atoms with Gasteiger partial charge in [-0.2, -0.15) is 13.2 Å². The highest BCUT2D eigenvalue weighted by Crippen LogP contribution is 2.30. The first kappa shape index (κ1) is 15.2. The molecule has 0 spiro atoms. The van der Waals surface area contributed by atoms with E-state index >= 15 is 0 Å². The molecule has 0 aliphatic rings. The first-order valence-corrected chi connectivity index (χ1v) is 4.18. The fourth-order valence-electron chi connectivity index (χ4n) is 1.13. The molecule has 0 fully saturated rings. The molecule has 0 radical (unpaired) electrons. The van der Waals surface area contributed by atoms with Gasteiger partial charge in [0, 0.05) is 18.2 Å². The van der Waals surface area contributed by atoms with Crippen LogP contribution in [0.3, 0.4) is 0 Å². The van der Waals surface area contributed by atoms with E-state index < -0.39 is 23.6 Å². The van der Waals surface area contributed by atoms with Gasteiger partial charge in [0.15, 0.2) is 0 Å². The highest BCUT2D eigenvalue weighted by Gasteiger charge is 2.31. The van der Waals surface area contributed by atoms with E-state index in [0.717, 1.165) is 12.1 Å². The molecule has 0 saturated heterocycles. The fraction of sp³-hybridized carbons (Fsp3) is 0.333. The summed E-state index contributed by atoms with van der Waals surface area (Å²) in [4.78, 5) is 0. The lowest BCUT2D eigenvalue weighted by molar-refractivity contribution is -0.137. The van der Waals surface area contributed by atoms with Crippen molar-refractivity contribution in [1.82, 2.24) is 0 Å². The van der Waals surface area contributed by atoms with Crippen molar-refractivity contribution in [2.24, 2.45) is 11.5 Å². The van der Waals surface area contributed by atoms with Crippen molar-refractivity contribution < 1.29 is 17.6 Å². The van der Waals surface area contributed by atoms with Crippen molar-refractivity contribution >= 4 is 12.4 Å². The Hall–Kier alpha value is -0.850.